The Kier molecular flexibility index (Phi) is 8.36. The lowest BCUT2D eigenvalue weighted by Gasteiger charge is -2.35. The van der Waals surface area contributed by atoms with E-state index in [2.05, 4.69) is 29.6 Å². The SMILES string of the molecule is CNC(=O)[C@@](C)(C(=O)CO)N(C)C(=O)c1ccc(/C=C/c2ccc(CCC3COC3)cc2)cc1. The fourth-order valence-electron chi connectivity index (χ4n) is 3.81. The van der Waals surface area contributed by atoms with E-state index in [0.29, 0.717) is 11.5 Å². The van der Waals surface area contributed by atoms with Gasteiger partial charge in [0.25, 0.3) is 11.8 Å². The Labute approximate surface area is 200 Å². The molecule has 2 aromatic carbocycles. The van der Waals surface area contributed by atoms with Gasteiger partial charge in [0.15, 0.2) is 11.3 Å². The number of carbonyl (C=O) groups is 3. The van der Waals surface area contributed by atoms with Gasteiger partial charge in [-0.1, -0.05) is 48.6 Å². The summed E-state index contributed by atoms with van der Waals surface area (Å²) < 4.78 is 5.22. The third-order valence-electron chi connectivity index (χ3n) is 6.49. The monoisotopic (exact) mass is 464 g/mol. The van der Waals surface area contributed by atoms with E-state index in [0.717, 1.165) is 42.1 Å². The molecule has 1 aliphatic rings. The molecule has 0 aliphatic carbocycles. The molecular formula is C27H32N2O5. The predicted octanol–water partition coefficient (Wildman–Crippen LogP) is 2.57. The highest BCUT2D eigenvalue weighted by Gasteiger charge is 2.46. The number of Topliss-reactive ketones (excluding diaryl/α,β-unsaturated/α-hetero) is 1. The zero-order valence-electron chi connectivity index (χ0n) is 19.9. The molecule has 3 rings (SSSR count). The lowest BCUT2D eigenvalue weighted by Crippen LogP contribution is -2.62. The van der Waals surface area contributed by atoms with Crippen LogP contribution < -0.4 is 5.32 Å². The average Bonchev–Trinajstić information content (AvgIpc) is 2.85. The maximum absolute atomic E-state index is 13.0. The average molecular weight is 465 g/mol. The maximum atomic E-state index is 13.0. The van der Waals surface area contributed by atoms with Crippen molar-refractivity contribution < 1.29 is 24.2 Å². The van der Waals surface area contributed by atoms with Crippen molar-refractivity contribution >= 4 is 29.7 Å². The van der Waals surface area contributed by atoms with Crippen LogP contribution in [0.2, 0.25) is 0 Å². The Morgan fingerprint density at radius 3 is 2.09 bits per heavy atom. The van der Waals surface area contributed by atoms with Crippen LogP contribution in [0.25, 0.3) is 12.2 Å². The molecule has 1 heterocycles. The summed E-state index contributed by atoms with van der Waals surface area (Å²) in [5.74, 6) is -1.22. The first kappa shape index (κ1) is 25.3. The van der Waals surface area contributed by atoms with Crippen LogP contribution in [-0.2, 0) is 20.7 Å². The number of ether oxygens (including phenoxy) is 1. The normalized spacial score (nSPS) is 15.4. The highest BCUT2D eigenvalue weighted by atomic mass is 16.5. The van der Waals surface area contributed by atoms with Gasteiger partial charge in [-0.25, -0.2) is 0 Å². The first-order valence-corrected chi connectivity index (χ1v) is 11.4. The third kappa shape index (κ3) is 5.61. The fourth-order valence-corrected chi connectivity index (χ4v) is 3.81. The molecule has 0 bridgehead atoms. The number of benzene rings is 2. The molecule has 180 valence electrons. The molecule has 0 radical (unpaired) electrons. The minimum absolute atomic E-state index is 0.335. The molecule has 34 heavy (non-hydrogen) atoms. The van der Waals surface area contributed by atoms with Crippen LogP contribution in [0.5, 0.6) is 0 Å². The first-order chi connectivity index (χ1) is 16.3. The molecular weight excluding hydrogens is 432 g/mol. The van der Waals surface area contributed by atoms with E-state index in [-0.39, 0.29) is 0 Å². The van der Waals surface area contributed by atoms with Crippen molar-refractivity contribution in [2.45, 2.75) is 25.3 Å². The quantitative estimate of drug-likeness (QED) is 0.416. The zero-order chi connectivity index (χ0) is 24.7. The molecule has 0 unspecified atom stereocenters. The van der Waals surface area contributed by atoms with E-state index < -0.39 is 29.7 Å². The first-order valence-electron chi connectivity index (χ1n) is 11.4. The van der Waals surface area contributed by atoms with Gasteiger partial charge >= 0.3 is 0 Å². The summed E-state index contributed by atoms with van der Waals surface area (Å²) >= 11 is 0. The number of hydrogen-bond donors (Lipinski definition) is 2. The van der Waals surface area contributed by atoms with Crippen LogP contribution in [-0.4, -0.2) is 67.1 Å². The van der Waals surface area contributed by atoms with Crippen molar-refractivity contribution in [1.82, 2.24) is 10.2 Å². The molecule has 1 aliphatic heterocycles. The zero-order valence-corrected chi connectivity index (χ0v) is 19.9. The van der Waals surface area contributed by atoms with Crippen molar-refractivity contribution in [2.24, 2.45) is 5.92 Å². The van der Waals surface area contributed by atoms with E-state index in [1.165, 1.54) is 26.6 Å². The Bertz CT molecular complexity index is 1020. The van der Waals surface area contributed by atoms with Gasteiger partial charge in [-0.15, -0.1) is 0 Å². The van der Waals surface area contributed by atoms with Crippen molar-refractivity contribution in [3.8, 4) is 0 Å². The van der Waals surface area contributed by atoms with Crippen molar-refractivity contribution in [3.63, 3.8) is 0 Å². The number of aryl methyl sites for hydroxylation is 1. The highest BCUT2D eigenvalue weighted by molar-refractivity contribution is 6.14. The Morgan fingerprint density at radius 1 is 1.06 bits per heavy atom. The number of carbonyl (C=O) groups excluding carboxylic acids is 3. The second-order valence-corrected chi connectivity index (χ2v) is 8.74. The van der Waals surface area contributed by atoms with E-state index in [4.69, 9.17) is 4.74 Å². The van der Waals surface area contributed by atoms with Crippen LogP contribution in [0.3, 0.4) is 0 Å². The molecule has 0 spiro atoms. The lowest BCUT2D eigenvalue weighted by atomic mass is 9.92. The number of ketones is 1. The van der Waals surface area contributed by atoms with Crippen LogP contribution >= 0.6 is 0 Å². The number of aliphatic hydroxyl groups excluding tert-OH is 1. The van der Waals surface area contributed by atoms with Crippen LogP contribution in [0.4, 0.5) is 0 Å². The maximum Gasteiger partial charge on any atom is 0.254 e. The minimum Gasteiger partial charge on any atom is -0.388 e. The summed E-state index contributed by atoms with van der Waals surface area (Å²) in [6.07, 6.45) is 6.19. The lowest BCUT2D eigenvalue weighted by molar-refractivity contribution is -0.143. The van der Waals surface area contributed by atoms with Gasteiger partial charge in [-0.3, -0.25) is 14.4 Å². The fraction of sp³-hybridized carbons (Fsp3) is 0.370. The predicted molar refractivity (Wildman–Crippen MR) is 131 cm³/mol. The largest absolute Gasteiger partial charge is 0.388 e. The topological polar surface area (TPSA) is 95.9 Å². The number of amides is 2. The van der Waals surface area contributed by atoms with Gasteiger partial charge in [0.05, 0.1) is 13.2 Å². The van der Waals surface area contributed by atoms with Crippen molar-refractivity contribution in [3.05, 3.63) is 70.8 Å². The molecule has 1 fully saturated rings. The molecule has 0 aromatic heterocycles. The summed E-state index contributed by atoms with van der Waals surface area (Å²) in [5, 5.41) is 11.7. The third-order valence-corrected chi connectivity index (χ3v) is 6.49. The second-order valence-electron chi connectivity index (χ2n) is 8.74. The van der Waals surface area contributed by atoms with Gasteiger partial charge < -0.3 is 20.1 Å². The minimum atomic E-state index is -1.81. The Hall–Kier alpha value is -3.29. The molecule has 2 amide bonds. The number of aliphatic hydroxyl groups is 1. The van der Waals surface area contributed by atoms with Crippen molar-refractivity contribution in [2.75, 3.05) is 33.9 Å². The summed E-state index contributed by atoms with van der Waals surface area (Å²) in [5.41, 5.74) is 1.84. The van der Waals surface area contributed by atoms with E-state index in [9.17, 15) is 19.5 Å². The molecule has 0 saturated carbocycles. The number of nitrogens with zero attached hydrogens (tertiary/aromatic N) is 1. The molecule has 7 heteroatoms. The Morgan fingerprint density at radius 2 is 1.62 bits per heavy atom. The molecule has 1 saturated heterocycles. The number of hydrogen-bond acceptors (Lipinski definition) is 5. The number of likely N-dealkylation sites (N-methyl/N-ethyl adjacent to an activating group) is 2. The smallest absolute Gasteiger partial charge is 0.254 e. The van der Waals surface area contributed by atoms with Crippen molar-refractivity contribution in [1.29, 1.82) is 0 Å². The van der Waals surface area contributed by atoms with Crippen LogP contribution in [0.15, 0.2) is 48.5 Å². The molecule has 1 atom stereocenters. The summed E-state index contributed by atoms with van der Waals surface area (Å²) in [4.78, 5) is 38.6. The summed E-state index contributed by atoms with van der Waals surface area (Å²) in [6.45, 7) is 2.25. The molecule has 7 nitrogen and oxygen atoms in total. The van der Waals surface area contributed by atoms with Crippen LogP contribution in [0, 0.1) is 5.92 Å². The number of rotatable bonds is 10. The number of nitrogens with one attached hydrogen (secondary N) is 1. The van der Waals surface area contributed by atoms with E-state index >= 15 is 0 Å². The highest BCUT2D eigenvalue weighted by Crippen LogP contribution is 2.20. The summed E-state index contributed by atoms with van der Waals surface area (Å²) in [7, 11) is 2.76. The van der Waals surface area contributed by atoms with Gasteiger partial charge in [0.2, 0.25) is 0 Å². The molecule has 2 N–H and O–H groups in total. The van der Waals surface area contributed by atoms with Gasteiger partial charge in [0.1, 0.15) is 6.61 Å². The summed E-state index contributed by atoms with van der Waals surface area (Å²) in [6, 6.07) is 15.4. The molecule has 2 aromatic rings. The van der Waals surface area contributed by atoms with E-state index in [1.807, 2.05) is 12.2 Å². The Balaban J connectivity index is 1.64. The van der Waals surface area contributed by atoms with Gasteiger partial charge in [-0.05, 0) is 48.6 Å². The van der Waals surface area contributed by atoms with E-state index in [1.54, 1.807) is 24.3 Å². The van der Waals surface area contributed by atoms with Crippen LogP contribution in [0.1, 0.15) is 40.4 Å². The van der Waals surface area contributed by atoms with Gasteiger partial charge in [0, 0.05) is 25.6 Å². The second kappa shape index (κ2) is 11.2. The van der Waals surface area contributed by atoms with Gasteiger partial charge in [-0.2, -0.15) is 0 Å². The standard InChI is InChI=1S/C27H32N2O5/c1-27(24(31)16-30,26(33)28-2)29(3)25(32)23-14-12-21(13-15-23)9-8-19-4-6-20(7-5-19)10-11-22-17-34-18-22/h4-9,12-15,22,30H,10-11,16-18H2,1-3H3,(H,28,33)/b9-8+/t27-/m1/s1.